The standard InChI is InChI=1S/C16H24N4O2/c1-11-9-12(2)20(18-11)10-13-5-3-4-8-19(13)16(22)14-6-7-15(21)17-14/h9,13-14H,3-8,10H2,1-2H3,(H,17,21)/t13-,14-/m0/s1. The van der Waals surface area contributed by atoms with Crippen LogP contribution in [0, 0.1) is 13.8 Å². The fraction of sp³-hybridized carbons (Fsp3) is 0.688. The Kier molecular flexibility index (Phi) is 4.18. The lowest BCUT2D eigenvalue weighted by molar-refractivity contribution is -0.138. The van der Waals surface area contributed by atoms with Gasteiger partial charge in [-0.2, -0.15) is 5.10 Å². The maximum atomic E-state index is 12.7. The Morgan fingerprint density at radius 3 is 2.82 bits per heavy atom. The van der Waals surface area contributed by atoms with E-state index in [0.29, 0.717) is 12.8 Å². The summed E-state index contributed by atoms with van der Waals surface area (Å²) in [5.74, 6) is 0.0718. The number of aromatic nitrogens is 2. The van der Waals surface area contributed by atoms with E-state index in [-0.39, 0.29) is 23.9 Å². The third-order valence-corrected chi connectivity index (χ3v) is 4.69. The highest BCUT2D eigenvalue weighted by atomic mass is 16.2. The summed E-state index contributed by atoms with van der Waals surface area (Å²) in [5, 5.41) is 7.31. The monoisotopic (exact) mass is 304 g/mol. The van der Waals surface area contributed by atoms with Gasteiger partial charge in [-0.15, -0.1) is 0 Å². The second-order valence-corrected chi connectivity index (χ2v) is 6.45. The van der Waals surface area contributed by atoms with E-state index in [0.717, 1.165) is 43.7 Å². The average molecular weight is 304 g/mol. The van der Waals surface area contributed by atoms with Crippen molar-refractivity contribution in [3.05, 3.63) is 17.5 Å². The van der Waals surface area contributed by atoms with Crippen LogP contribution in [-0.2, 0) is 16.1 Å². The fourth-order valence-corrected chi connectivity index (χ4v) is 3.54. The molecule has 6 heteroatoms. The number of likely N-dealkylation sites (tertiary alicyclic amines) is 1. The van der Waals surface area contributed by atoms with Crippen LogP contribution in [-0.4, -0.2) is 45.1 Å². The molecule has 1 aromatic heterocycles. The Bertz CT molecular complexity index is 581. The first-order valence-electron chi connectivity index (χ1n) is 8.15. The predicted molar refractivity (Wildman–Crippen MR) is 82.2 cm³/mol. The molecule has 2 atom stereocenters. The number of nitrogens with zero attached hydrogens (tertiary/aromatic N) is 3. The molecule has 120 valence electrons. The number of piperidine rings is 1. The molecule has 2 aliphatic heterocycles. The molecule has 0 unspecified atom stereocenters. The molecular formula is C16H24N4O2. The maximum absolute atomic E-state index is 12.7. The SMILES string of the molecule is Cc1cc(C)n(C[C@@H]2CCCCN2C(=O)[C@@H]2CCC(=O)N2)n1. The molecule has 0 radical (unpaired) electrons. The number of rotatable bonds is 3. The zero-order valence-electron chi connectivity index (χ0n) is 13.3. The third kappa shape index (κ3) is 3.00. The van der Waals surface area contributed by atoms with E-state index in [1.54, 1.807) is 0 Å². The molecule has 2 amide bonds. The van der Waals surface area contributed by atoms with Crippen molar-refractivity contribution in [2.75, 3.05) is 6.54 Å². The van der Waals surface area contributed by atoms with E-state index in [1.807, 2.05) is 23.4 Å². The Labute approximate surface area is 130 Å². The number of nitrogens with one attached hydrogen (secondary N) is 1. The molecule has 22 heavy (non-hydrogen) atoms. The van der Waals surface area contributed by atoms with Gasteiger partial charge >= 0.3 is 0 Å². The summed E-state index contributed by atoms with van der Waals surface area (Å²) in [4.78, 5) is 26.1. The zero-order chi connectivity index (χ0) is 15.7. The van der Waals surface area contributed by atoms with Gasteiger partial charge in [0.15, 0.2) is 0 Å². The number of carbonyl (C=O) groups excluding carboxylic acids is 2. The number of amides is 2. The molecule has 1 N–H and O–H groups in total. The number of carbonyl (C=O) groups is 2. The zero-order valence-corrected chi connectivity index (χ0v) is 13.3. The Balaban J connectivity index is 1.72. The molecule has 2 aliphatic rings. The largest absolute Gasteiger partial charge is 0.344 e. The summed E-state index contributed by atoms with van der Waals surface area (Å²) >= 11 is 0. The average Bonchev–Trinajstić information content (AvgIpc) is 3.05. The van der Waals surface area contributed by atoms with E-state index in [4.69, 9.17) is 0 Å². The lowest BCUT2D eigenvalue weighted by Crippen LogP contribution is -2.52. The van der Waals surface area contributed by atoms with Gasteiger partial charge in [-0.25, -0.2) is 0 Å². The molecule has 3 heterocycles. The molecule has 0 saturated carbocycles. The van der Waals surface area contributed by atoms with Crippen LogP contribution in [0.1, 0.15) is 43.5 Å². The van der Waals surface area contributed by atoms with Gasteiger partial charge in [0.05, 0.1) is 18.3 Å². The van der Waals surface area contributed by atoms with Crippen molar-refractivity contribution in [2.24, 2.45) is 0 Å². The van der Waals surface area contributed by atoms with Crippen molar-refractivity contribution in [1.82, 2.24) is 20.0 Å². The quantitative estimate of drug-likeness (QED) is 0.911. The number of hydrogen-bond donors (Lipinski definition) is 1. The lowest BCUT2D eigenvalue weighted by Gasteiger charge is -2.37. The predicted octanol–water partition coefficient (Wildman–Crippen LogP) is 1.16. The molecule has 3 rings (SSSR count). The highest BCUT2D eigenvalue weighted by Crippen LogP contribution is 2.22. The Morgan fingerprint density at radius 1 is 1.36 bits per heavy atom. The Morgan fingerprint density at radius 2 is 2.18 bits per heavy atom. The molecule has 2 saturated heterocycles. The first-order valence-corrected chi connectivity index (χ1v) is 8.15. The van der Waals surface area contributed by atoms with Gasteiger partial charge in [0.1, 0.15) is 6.04 Å². The normalized spacial score (nSPS) is 25.4. The number of hydrogen-bond acceptors (Lipinski definition) is 3. The molecule has 0 aromatic carbocycles. The molecule has 0 bridgehead atoms. The first kappa shape index (κ1) is 15.1. The van der Waals surface area contributed by atoms with Gasteiger partial charge in [-0.1, -0.05) is 0 Å². The van der Waals surface area contributed by atoms with Gasteiger partial charge < -0.3 is 10.2 Å². The number of aryl methyl sites for hydroxylation is 2. The maximum Gasteiger partial charge on any atom is 0.245 e. The minimum absolute atomic E-state index is 0.00884. The van der Waals surface area contributed by atoms with Crippen LogP contribution >= 0.6 is 0 Å². The molecule has 1 aromatic rings. The van der Waals surface area contributed by atoms with Crippen molar-refractivity contribution in [1.29, 1.82) is 0 Å². The Hall–Kier alpha value is -1.85. The second kappa shape index (κ2) is 6.10. The van der Waals surface area contributed by atoms with Crippen molar-refractivity contribution in [3.63, 3.8) is 0 Å². The van der Waals surface area contributed by atoms with Crippen LogP contribution in [0.2, 0.25) is 0 Å². The summed E-state index contributed by atoms with van der Waals surface area (Å²) < 4.78 is 2.00. The van der Waals surface area contributed by atoms with E-state index < -0.39 is 0 Å². The van der Waals surface area contributed by atoms with Crippen LogP contribution < -0.4 is 5.32 Å². The molecular weight excluding hydrogens is 280 g/mol. The summed E-state index contributed by atoms with van der Waals surface area (Å²) in [7, 11) is 0. The first-order chi connectivity index (χ1) is 10.5. The summed E-state index contributed by atoms with van der Waals surface area (Å²) in [6.45, 7) is 5.56. The van der Waals surface area contributed by atoms with E-state index >= 15 is 0 Å². The highest BCUT2D eigenvalue weighted by Gasteiger charge is 2.35. The smallest absolute Gasteiger partial charge is 0.245 e. The van der Waals surface area contributed by atoms with Gasteiger partial charge in [0.25, 0.3) is 0 Å². The van der Waals surface area contributed by atoms with Crippen LogP contribution in [0.3, 0.4) is 0 Å². The highest BCUT2D eigenvalue weighted by molar-refractivity contribution is 5.91. The summed E-state index contributed by atoms with van der Waals surface area (Å²) in [6, 6.07) is 1.91. The van der Waals surface area contributed by atoms with Gasteiger partial charge in [0, 0.05) is 18.7 Å². The van der Waals surface area contributed by atoms with E-state index in [2.05, 4.69) is 16.5 Å². The third-order valence-electron chi connectivity index (χ3n) is 4.69. The van der Waals surface area contributed by atoms with Crippen LogP contribution in [0.5, 0.6) is 0 Å². The van der Waals surface area contributed by atoms with Crippen LogP contribution in [0.25, 0.3) is 0 Å². The van der Waals surface area contributed by atoms with Gasteiger partial charge in [-0.3, -0.25) is 14.3 Å². The lowest BCUT2D eigenvalue weighted by atomic mass is 10.0. The van der Waals surface area contributed by atoms with Crippen molar-refractivity contribution >= 4 is 11.8 Å². The van der Waals surface area contributed by atoms with Gasteiger partial charge in [-0.05, 0) is 45.6 Å². The summed E-state index contributed by atoms with van der Waals surface area (Å²) in [5.41, 5.74) is 2.14. The molecule has 0 spiro atoms. The van der Waals surface area contributed by atoms with E-state index in [1.165, 1.54) is 0 Å². The topological polar surface area (TPSA) is 67.2 Å². The van der Waals surface area contributed by atoms with Gasteiger partial charge in [0.2, 0.25) is 11.8 Å². The summed E-state index contributed by atoms with van der Waals surface area (Å²) in [6.07, 6.45) is 4.28. The van der Waals surface area contributed by atoms with Crippen molar-refractivity contribution < 1.29 is 9.59 Å². The van der Waals surface area contributed by atoms with Crippen molar-refractivity contribution in [2.45, 2.75) is 64.6 Å². The molecule has 0 aliphatic carbocycles. The minimum Gasteiger partial charge on any atom is -0.344 e. The fourth-order valence-electron chi connectivity index (χ4n) is 3.54. The van der Waals surface area contributed by atoms with Crippen molar-refractivity contribution in [3.8, 4) is 0 Å². The minimum atomic E-state index is -0.325. The van der Waals surface area contributed by atoms with Crippen LogP contribution in [0.15, 0.2) is 6.07 Å². The molecule has 2 fully saturated rings. The molecule has 6 nitrogen and oxygen atoms in total. The second-order valence-electron chi connectivity index (χ2n) is 6.45. The van der Waals surface area contributed by atoms with E-state index in [9.17, 15) is 9.59 Å². The van der Waals surface area contributed by atoms with Crippen LogP contribution in [0.4, 0.5) is 0 Å².